The van der Waals surface area contributed by atoms with Crippen molar-refractivity contribution in [2.45, 2.75) is 0 Å². The van der Waals surface area contributed by atoms with Crippen LogP contribution in [0.25, 0.3) is 0 Å². The van der Waals surface area contributed by atoms with Gasteiger partial charge in [0.15, 0.2) is 6.73 Å². The van der Waals surface area contributed by atoms with E-state index in [1.807, 2.05) is 0 Å². The Morgan fingerprint density at radius 1 is 2.00 bits per heavy atom. The van der Waals surface area contributed by atoms with Crippen molar-refractivity contribution in [2.75, 3.05) is 6.61 Å². The number of ether oxygens (including phenoxy) is 1. The van der Waals surface area contributed by atoms with Gasteiger partial charge in [0.2, 0.25) is 0 Å². The largest absolute Gasteiger partial charge is 0.358 e. The number of rotatable bonds is 0. The Morgan fingerprint density at radius 2 is 2.83 bits per heavy atom. The van der Waals surface area contributed by atoms with E-state index < -0.39 is 0 Å². The van der Waals surface area contributed by atoms with E-state index >= 15 is 0 Å². The van der Waals surface area contributed by atoms with Gasteiger partial charge in [-0.1, -0.05) is 6.58 Å². The summed E-state index contributed by atoms with van der Waals surface area (Å²) in [7, 11) is 0. The summed E-state index contributed by atoms with van der Waals surface area (Å²) in [6.07, 6.45) is 0. The molecule has 0 aromatic carbocycles. The van der Waals surface area contributed by atoms with Gasteiger partial charge in [-0.25, -0.2) is 0 Å². The lowest BCUT2D eigenvalue weighted by Gasteiger charge is -1.82. The van der Waals surface area contributed by atoms with Crippen molar-refractivity contribution in [3.05, 3.63) is 19.0 Å². The van der Waals surface area contributed by atoms with Gasteiger partial charge in [-0.3, -0.25) is 0 Å². The molecule has 0 aromatic heterocycles. The highest BCUT2D eigenvalue weighted by molar-refractivity contribution is 4.96. The maximum Gasteiger partial charge on any atom is 0.173 e. The predicted molar refractivity (Wildman–Crippen MR) is 22.5 cm³/mol. The molecule has 1 rings (SSSR count). The zero-order valence-electron chi connectivity index (χ0n) is 3.40. The maximum absolute atomic E-state index is 4.72. The minimum Gasteiger partial charge on any atom is -0.358 e. The van der Waals surface area contributed by atoms with Crippen molar-refractivity contribution in [2.24, 2.45) is 0 Å². The third-order valence-corrected chi connectivity index (χ3v) is 0.604. The molecule has 0 aliphatic carbocycles. The highest BCUT2D eigenvalue weighted by Crippen LogP contribution is 1.95. The normalized spacial score (nSPS) is 21.0. The Bertz CT molecular complexity index is 61.9. The van der Waals surface area contributed by atoms with Crippen molar-refractivity contribution in [3.8, 4) is 0 Å². The summed E-state index contributed by atoms with van der Waals surface area (Å²) >= 11 is 0. The van der Waals surface area contributed by atoms with E-state index in [0.717, 1.165) is 5.70 Å². The van der Waals surface area contributed by atoms with Gasteiger partial charge in [-0.2, -0.15) is 0 Å². The lowest BCUT2D eigenvalue weighted by Crippen LogP contribution is -1.96. The van der Waals surface area contributed by atoms with E-state index in [4.69, 9.17) is 4.74 Å². The van der Waals surface area contributed by atoms with Crippen LogP contribution in [0.1, 0.15) is 0 Å². The fourth-order valence-electron chi connectivity index (χ4n) is 0.309. The second-order valence-corrected chi connectivity index (χ2v) is 1.18. The molecule has 0 atom stereocenters. The standard InChI is InChI=1S/C4H6NO/c1-4-2-6-3-5-4/h3,5H,1-2H2. The monoisotopic (exact) mass is 84.0 g/mol. The van der Waals surface area contributed by atoms with Gasteiger partial charge in [0.25, 0.3) is 0 Å². The molecule has 0 amide bonds. The maximum atomic E-state index is 4.72. The average Bonchev–Trinajstić information content (AvgIpc) is 1.86. The quantitative estimate of drug-likeness (QED) is 0.454. The highest BCUT2D eigenvalue weighted by Gasteiger charge is 1.99. The third-order valence-electron chi connectivity index (χ3n) is 0.604. The average molecular weight is 84.1 g/mol. The van der Waals surface area contributed by atoms with E-state index in [1.54, 1.807) is 0 Å². The van der Waals surface area contributed by atoms with Crippen molar-refractivity contribution >= 4 is 0 Å². The second-order valence-electron chi connectivity index (χ2n) is 1.18. The molecule has 1 N–H and O–H groups in total. The lowest BCUT2D eigenvalue weighted by molar-refractivity contribution is 0.261. The molecule has 2 nitrogen and oxygen atoms in total. The molecule has 1 saturated heterocycles. The first-order valence-corrected chi connectivity index (χ1v) is 1.77. The smallest absolute Gasteiger partial charge is 0.173 e. The van der Waals surface area contributed by atoms with E-state index in [2.05, 4.69) is 11.9 Å². The van der Waals surface area contributed by atoms with Gasteiger partial charge in [-0.15, -0.1) is 0 Å². The summed E-state index contributed by atoms with van der Waals surface area (Å²) in [5.74, 6) is 0. The van der Waals surface area contributed by atoms with Crippen molar-refractivity contribution in [1.29, 1.82) is 0 Å². The Balaban J connectivity index is 2.37. The summed E-state index contributed by atoms with van der Waals surface area (Å²) in [5.41, 5.74) is 0.926. The highest BCUT2D eigenvalue weighted by atomic mass is 16.5. The fraction of sp³-hybridized carbons (Fsp3) is 0.250. The molecule has 1 radical (unpaired) electrons. The SMILES string of the molecule is C=C1CO[CH]N1. The summed E-state index contributed by atoms with van der Waals surface area (Å²) in [5, 5.41) is 2.78. The molecular formula is C4H6NO. The molecule has 1 fully saturated rings. The molecule has 0 aromatic rings. The van der Waals surface area contributed by atoms with E-state index in [1.165, 1.54) is 6.73 Å². The van der Waals surface area contributed by atoms with Crippen LogP contribution in [0.2, 0.25) is 0 Å². The minimum absolute atomic E-state index is 0.625. The molecule has 2 heteroatoms. The Labute approximate surface area is 36.8 Å². The summed E-state index contributed by atoms with van der Waals surface area (Å²) in [6.45, 7) is 5.74. The fourth-order valence-corrected chi connectivity index (χ4v) is 0.309. The predicted octanol–water partition coefficient (Wildman–Crippen LogP) is 0.239. The molecule has 0 saturated carbocycles. The third kappa shape index (κ3) is 0.518. The lowest BCUT2D eigenvalue weighted by atomic mass is 10.6. The summed E-state index contributed by atoms with van der Waals surface area (Å²) in [4.78, 5) is 0. The molecule has 0 unspecified atom stereocenters. The zero-order valence-corrected chi connectivity index (χ0v) is 3.40. The first-order valence-electron chi connectivity index (χ1n) is 1.77. The van der Waals surface area contributed by atoms with Gasteiger partial charge in [-0.05, 0) is 0 Å². The van der Waals surface area contributed by atoms with Gasteiger partial charge >= 0.3 is 0 Å². The molecule has 33 valence electrons. The Morgan fingerprint density at radius 3 is 3.00 bits per heavy atom. The van der Waals surface area contributed by atoms with Crippen LogP contribution in [0.15, 0.2) is 12.3 Å². The molecule has 1 aliphatic rings. The molecule has 1 heterocycles. The van der Waals surface area contributed by atoms with Crippen LogP contribution in [0.3, 0.4) is 0 Å². The molecule has 0 bridgehead atoms. The van der Waals surface area contributed by atoms with Crippen molar-refractivity contribution < 1.29 is 4.74 Å². The number of hydrogen-bond donors (Lipinski definition) is 1. The Kier molecular flexibility index (Phi) is 0.801. The van der Waals surface area contributed by atoms with Crippen LogP contribution in [0.4, 0.5) is 0 Å². The number of nitrogens with one attached hydrogen (secondary N) is 1. The first kappa shape index (κ1) is 3.68. The molecule has 1 aliphatic heterocycles. The van der Waals surface area contributed by atoms with Gasteiger partial charge in [0.05, 0.1) is 6.61 Å². The van der Waals surface area contributed by atoms with Crippen molar-refractivity contribution in [1.82, 2.24) is 5.32 Å². The van der Waals surface area contributed by atoms with E-state index in [-0.39, 0.29) is 0 Å². The minimum atomic E-state index is 0.625. The van der Waals surface area contributed by atoms with Gasteiger partial charge < -0.3 is 10.1 Å². The Hall–Kier alpha value is -0.500. The van der Waals surface area contributed by atoms with Crippen LogP contribution in [-0.2, 0) is 4.74 Å². The van der Waals surface area contributed by atoms with Crippen LogP contribution in [-0.4, -0.2) is 6.61 Å². The van der Waals surface area contributed by atoms with Crippen LogP contribution < -0.4 is 5.32 Å². The molecule has 0 spiro atoms. The zero-order chi connectivity index (χ0) is 4.41. The van der Waals surface area contributed by atoms with Crippen molar-refractivity contribution in [3.63, 3.8) is 0 Å². The van der Waals surface area contributed by atoms with Gasteiger partial charge in [0, 0.05) is 5.70 Å². The molecular weight excluding hydrogens is 78.1 g/mol. The first-order chi connectivity index (χ1) is 2.89. The van der Waals surface area contributed by atoms with Gasteiger partial charge in [0.1, 0.15) is 0 Å². The molecule has 6 heavy (non-hydrogen) atoms. The van der Waals surface area contributed by atoms with E-state index in [0.29, 0.717) is 6.61 Å². The second kappa shape index (κ2) is 1.30. The topological polar surface area (TPSA) is 21.3 Å². The summed E-state index contributed by atoms with van der Waals surface area (Å²) < 4.78 is 4.72. The van der Waals surface area contributed by atoms with Crippen LogP contribution >= 0.6 is 0 Å². The summed E-state index contributed by atoms with van der Waals surface area (Å²) in [6, 6.07) is 0. The number of hydrogen-bond acceptors (Lipinski definition) is 2. The van der Waals surface area contributed by atoms with E-state index in [9.17, 15) is 0 Å². The van der Waals surface area contributed by atoms with Crippen LogP contribution in [0, 0.1) is 6.73 Å². The van der Waals surface area contributed by atoms with Crippen LogP contribution in [0.5, 0.6) is 0 Å².